The van der Waals surface area contributed by atoms with Crippen molar-refractivity contribution in [2.75, 3.05) is 30.9 Å². The van der Waals surface area contributed by atoms with Gasteiger partial charge in [0.1, 0.15) is 11.8 Å². The van der Waals surface area contributed by atoms with Gasteiger partial charge < -0.3 is 26.4 Å². The van der Waals surface area contributed by atoms with E-state index in [2.05, 4.69) is 20.9 Å². The smallest absolute Gasteiger partial charge is 0.270 e. The van der Waals surface area contributed by atoms with E-state index >= 15 is 0 Å². The van der Waals surface area contributed by atoms with E-state index < -0.39 is 17.4 Å². The number of hydrogen-bond donors (Lipinski definition) is 4. The predicted octanol–water partition coefficient (Wildman–Crippen LogP) is 2.09. The summed E-state index contributed by atoms with van der Waals surface area (Å²) in [4.78, 5) is 43.3. The molecule has 1 atom stereocenters. The molecular weight excluding hydrogens is 446 g/mol. The molecule has 0 unspecified atom stereocenters. The van der Waals surface area contributed by atoms with Crippen LogP contribution in [0.3, 0.4) is 0 Å². The topological polar surface area (TPSA) is 135 Å². The highest BCUT2D eigenvalue weighted by Gasteiger charge is 2.49. The number of benzene rings is 1. The zero-order valence-electron chi connectivity index (χ0n) is 20.0. The molecule has 5 N–H and O–H groups in total. The summed E-state index contributed by atoms with van der Waals surface area (Å²) in [7, 11) is 1.52. The van der Waals surface area contributed by atoms with Gasteiger partial charge in [-0.05, 0) is 86.3 Å². The molecular formula is C26H33N5O4. The van der Waals surface area contributed by atoms with Gasteiger partial charge in [0, 0.05) is 31.6 Å². The van der Waals surface area contributed by atoms with Crippen molar-refractivity contribution < 1.29 is 19.1 Å². The fraction of sp³-hybridized carbons (Fsp3) is 0.538. The van der Waals surface area contributed by atoms with Gasteiger partial charge in [-0.2, -0.15) is 0 Å². The van der Waals surface area contributed by atoms with Gasteiger partial charge in [-0.25, -0.2) is 0 Å². The number of anilines is 2. The van der Waals surface area contributed by atoms with Crippen molar-refractivity contribution in [3.05, 3.63) is 36.0 Å². The number of nitrogens with zero attached hydrogens (tertiary/aromatic N) is 1. The van der Waals surface area contributed by atoms with E-state index in [0.29, 0.717) is 43.6 Å². The Bertz CT molecular complexity index is 1070. The lowest BCUT2D eigenvalue weighted by Gasteiger charge is -2.31. The molecule has 2 aliphatic carbocycles. The van der Waals surface area contributed by atoms with Crippen LogP contribution in [0.15, 0.2) is 35.5 Å². The second-order valence-corrected chi connectivity index (χ2v) is 10.1. The van der Waals surface area contributed by atoms with Crippen molar-refractivity contribution in [2.24, 2.45) is 28.5 Å². The normalized spacial score (nSPS) is 22.2. The summed E-state index contributed by atoms with van der Waals surface area (Å²) in [5, 5.41) is 8.95. The van der Waals surface area contributed by atoms with E-state index in [4.69, 9.17) is 10.5 Å². The molecule has 1 spiro atoms. The van der Waals surface area contributed by atoms with E-state index in [1.54, 1.807) is 0 Å². The third-order valence-corrected chi connectivity index (χ3v) is 7.85. The number of carbonyl (C=O) groups is 3. The first kappa shape index (κ1) is 23.5. The Balaban J connectivity index is 1.37. The zero-order valence-corrected chi connectivity index (χ0v) is 20.0. The van der Waals surface area contributed by atoms with Crippen LogP contribution in [-0.2, 0) is 24.5 Å². The lowest BCUT2D eigenvalue weighted by molar-refractivity contribution is -0.124. The molecule has 4 aliphatic rings. The first-order valence-corrected chi connectivity index (χ1v) is 12.5. The SMILES string of the molecule is CN=C(C=CN)C(=O)N[C@H](C(=O)Nc1ccc2c(c1)NC(=O)C21CCOCC1)C(C1CC1)C1CC1. The van der Waals surface area contributed by atoms with Crippen LogP contribution in [0.5, 0.6) is 0 Å². The van der Waals surface area contributed by atoms with Crippen molar-refractivity contribution in [2.45, 2.75) is 50.0 Å². The standard InChI is InChI=1S/C26H33N5O4/c1-28-19(8-11-27)23(32)31-22(21(15-2-3-15)16-4-5-16)24(33)29-17-6-7-18-20(14-17)30-25(34)26(18)9-12-35-13-10-26/h6-8,11,14-16,21-22H,2-5,9-10,12-13,27H2,1H3,(H,29,33)(H,30,34)(H,31,32)/t22-/m0/s1. The molecule has 5 rings (SSSR count). The Hall–Kier alpha value is -3.20. The lowest BCUT2D eigenvalue weighted by atomic mass is 9.75. The van der Waals surface area contributed by atoms with Gasteiger partial charge >= 0.3 is 0 Å². The summed E-state index contributed by atoms with van der Waals surface area (Å²) in [6.45, 7) is 1.11. The first-order chi connectivity index (χ1) is 17.0. The second kappa shape index (κ2) is 9.45. The Morgan fingerprint density at radius 1 is 1.20 bits per heavy atom. The van der Waals surface area contributed by atoms with Gasteiger partial charge in [0.05, 0.1) is 5.41 Å². The predicted molar refractivity (Wildman–Crippen MR) is 133 cm³/mol. The highest BCUT2D eigenvalue weighted by molar-refractivity contribution is 6.43. The maximum absolute atomic E-state index is 13.6. The molecule has 9 heteroatoms. The van der Waals surface area contributed by atoms with E-state index in [-0.39, 0.29) is 23.4 Å². The van der Waals surface area contributed by atoms with Crippen molar-refractivity contribution >= 4 is 34.8 Å². The number of ether oxygens (including phenoxy) is 1. The minimum Gasteiger partial charge on any atom is -0.405 e. The maximum atomic E-state index is 13.6. The molecule has 3 amide bonds. The second-order valence-electron chi connectivity index (χ2n) is 10.1. The summed E-state index contributed by atoms with van der Waals surface area (Å²) in [5.74, 6) is 0.309. The van der Waals surface area contributed by atoms with Crippen molar-refractivity contribution in [1.82, 2.24) is 5.32 Å². The van der Waals surface area contributed by atoms with E-state index in [1.165, 1.54) is 19.3 Å². The quantitative estimate of drug-likeness (QED) is 0.424. The minimum atomic E-state index is -0.671. The van der Waals surface area contributed by atoms with Crippen molar-refractivity contribution in [3.63, 3.8) is 0 Å². The molecule has 1 aromatic carbocycles. The molecule has 9 nitrogen and oxygen atoms in total. The molecule has 2 saturated carbocycles. The molecule has 186 valence electrons. The van der Waals surface area contributed by atoms with E-state index in [1.807, 2.05) is 18.2 Å². The molecule has 2 heterocycles. The van der Waals surface area contributed by atoms with Gasteiger partial charge in [-0.3, -0.25) is 19.4 Å². The van der Waals surface area contributed by atoms with Gasteiger partial charge in [0.15, 0.2) is 0 Å². The number of carbonyl (C=O) groups excluding carboxylic acids is 3. The molecule has 1 saturated heterocycles. The molecule has 0 aromatic heterocycles. The third-order valence-electron chi connectivity index (χ3n) is 7.85. The Morgan fingerprint density at radius 2 is 1.89 bits per heavy atom. The molecule has 0 bridgehead atoms. The Kier molecular flexibility index (Phi) is 6.35. The van der Waals surface area contributed by atoms with Gasteiger partial charge in [-0.1, -0.05) is 6.07 Å². The van der Waals surface area contributed by atoms with Crippen LogP contribution in [0, 0.1) is 17.8 Å². The summed E-state index contributed by atoms with van der Waals surface area (Å²) in [6.07, 6.45) is 8.31. The Morgan fingerprint density at radius 3 is 2.49 bits per heavy atom. The number of aliphatic imine (C=N–C) groups is 1. The number of nitrogens with one attached hydrogen (secondary N) is 3. The van der Waals surface area contributed by atoms with Gasteiger partial charge in [0.25, 0.3) is 5.91 Å². The molecule has 3 fully saturated rings. The summed E-state index contributed by atoms with van der Waals surface area (Å²) in [6, 6.07) is 4.91. The van der Waals surface area contributed by atoms with Crippen LogP contribution in [0.1, 0.15) is 44.1 Å². The third kappa shape index (κ3) is 4.57. The average Bonchev–Trinajstić information content (AvgIpc) is 3.78. The largest absolute Gasteiger partial charge is 0.405 e. The highest BCUT2D eigenvalue weighted by atomic mass is 16.5. The van der Waals surface area contributed by atoms with Crippen LogP contribution in [0.4, 0.5) is 11.4 Å². The number of hydrogen-bond acceptors (Lipinski definition) is 6. The number of rotatable bonds is 8. The van der Waals surface area contributed by atoms with Crippen molar-refractivity contribution in [3.8, 4) is 0 Å². The summed E-state index contributed by atoms with van der Waals surface area (Å²) in [5.41, 5.74) is 7.36. The lowest BCUT2D eigenvalue weighted by Crippen LogP contribution is -2.51. The van der Waals surface area contributed by atoms with E-state index in [9.17, 15) is 14.4 Å². The Labute approximate surface area is 205 Å². The van der Waals surface area contributed by atoms with Crippen LogP contribution in [0.25, 0.3) is 0 Å². The fourth-order valence-corrected chi connectivity index (χ4v) is 5.73. The molecule has 1 aromatic rings. The zero-order chi connectivity index (χ0) is 24.6. The molecule has 35 heavy (non-hydrogen) atoms. The highest BCUT2D eigenvalue weighted by Crippen LogP contribution is 2.51. The number of fused-ring (bicyclic) bond motifs is 2. The van der Waals surface area contributed by atoms with Crippen LogP contribution in [-0.4, -0.2) is 49.7 Å². The summed E-state index contributed by atoms with van der Waals surface area (Å²) >= 11 is 0. The molecule has 2 aliphatic heterocycles. The maximum Gasteiger partial charge on any atom is 0.270 e. The minimum absolute atomic E-state index is 0.00807. The number of amides is 3. The average molecular weight is 480 g/mol. The van der Waals surface area contributed by atoms with E-state index in [0.717, 1.165) is 36.9 Å². The van der Waals surface area contributed by atoms with Crippen LogP contribution in [0.2, 0.25) is 0 Å². The summed E-state index contributed by atoms with van der Waals surface area (Å²) < 4.78 is 5.47. The monoisotopic (exact) mass is 479 g/mol. The van der Waals surface area contributed by atoms with Crippen LogP contribution >= 0.6 is 0 Å². The van der Waals surface area contributed by atoms with Gasteiger partial charge in [0.2, 0.25) is 11.8 Å². The van der Waals surface area contributed by atoms with Gasteiger partial charge in [-0.15, -0.1) is 0 Å². The fourth-order valence-electron chi connectivity index (χ4n) is 5.73. The van der Waals surface area contributed by atoms with Crippen molar-refractivity contribution in [1.29, 1.82) is 0 Å². The number of nitrogens with two attached hydrogens (primary N) is 1. The first-order valence-electron chi connectivity index (χ1n) is 12.5. The van der Waals surface area contributed by atoms with Crippen LogP contribution < -0.4 is 21.7 Å². The molecule has 0 radical (unpaired) electrons.